The number of carbonyl (C=O) groups excluding carboxylic acids is 1. The Hall–Kier alpha value is -2.29. The van der Waals surface area contributed by atoms with E-state index in [0.717, 1.165) is 23.0 Å². The Balaban J connectivity index is 2.40. The molecule has 2 aromatic rings. The molecule has 0 bridgehead atoms. The summed E-state index contributed by atoms with van der Waals surface area (Å²) in [7, 11) is 1.37. The molecule has 0 N–H and O–H groups in total. The van der Waals surface area contributed by atoms with Crippen molar-refractivity contribution in [1.29, 1.82) is 0 Å². The van der Waals surface area contributed by atoms with Gasteiger partial charge in [0, 0.05) is 35.6 Å². The van der Waals surface area contributed by atoms with Crippen LogP contribution in [-0.2, 0) is 22.5 Å². The van der Waals surface area contributed by atoms with E-state index in [4.69, 9.17) is 0 Å². The van der Waals surface area contributed by atoms with Crippen LogP contribution in [0, 0.1) is 0 Å². The van der Waals surface area contributed by atoms with Gasteiger partial charge in [0.25, 0.3) is 0 Å². The van der Waals surface area contributed by atoms with Crippen molar-refractivity contribution in [3.63, 3.8) is 0 Å². The summed E-state index contributed by atoms with van der Waals surface area (Å²) in [4.78, 5) is 11.4. The highest BCUT2D eigenvalue weighted by atomic mass is 16.5. The topological polar surface area (TPSA) is 31.2 Å². The highest BCUT2D eigenvalue weighted by molar-refractivity contribution is 5.90. The Morgan fingerprint density at radius 1 is 1.42 bits per heavy atom. The number of nitrogens with zero attached hydrogens (tertiary/aromatic N) is 1. The molecule has 0 unspecified atom stereocenters. The van der Waals surface area contributed by atoms with Gasteiger partial charge in [-0.05, 0) is 11.6 Å². The Labute approximate surface area is 112 Å². The predicted molar refractivity (Wildman–Crippen MR) is 77.0 cm³/mol. The van der Waals surface area contributed by atoms with Crippen molar-refractivity contribution in [1.82, 2.24) is 4.57 Å². The van der Waals surface area contributed by atoms with Crippen molar-refractivity contribution in [2.24, 2.45) is 0 Å². The maximum Gasteiger partial charge on any atom is 0.333 e. The lowest BCUT2D eigenvalue weighted by atomic mass is 10.1. The fourth-order valence-corrected chi connectivity index (χ4v) is 2.20. The van der Waals surface area contributed by atoms with Gasteiger partial charge in [0.1, 0.15) is 0 Å². The fraction of sp³-hybridized carbons (Fsp3) is 0.188. The number of carbonyl (C=O) groups is 1. The van der Waals surface area contributed by atoms with Crippen LogP contribution < -0.4 is 0 Å². The van der Waals surface area contributed by atoms with Gasteiger partial charge in [-0.3, -0.25) is 0 Å². The van der Waals surface area contributed by atoms with Crippen molar-refractivity contribution in [3.05, 3.63) is 60.8 Å². The molecule has 1 aromatic heterocycles. The minimum atomic E-state index is -0.361. The van der Waals surface area contributed by atoms with E-state index in [-0.39, 0.29) is 5.97 Å². The summed E-state index contributed by atoms with van der Waals surface area (Å²) in [6, 6.07) is 8.10. The first-order valence-corrected chi connectivity index (χ1v) is 6.11. The SMILES string of the molecule is C=CCn1cc(CC(=C)C(=O)OC)c2ccccc21. The number of para-hydroxylation sites is 1. The van der Waals surface area contributed by atoms with Gasteiger partial charge in [-0.2, -0.15) is 0 Å². The van der Waals surface area contributed by atoms with E-state index in [9.17, 15) is 4.79 Å². The molecule has 3 heteroatoms. The lowest BCUT2D eigenvalue weighted by molar-refractivity contribution is -0.136. The molecule has 0 aliphatic heterocycles. The number of hydrogen-bond acceptors (Lipinski definition) is 2. The normalized spacial score (nSPS) is 10.4. The summed E-state index contributed by atoms with van der Waals surface area (Å²) < 4.78 is 6.80. The van der Waals surface area contributed by atoms with E-state index in [1.807, 2.05) is 24.4 Å². The lowest BCUT2D eigenvalue weighted by Gasteiger charge is -2.02. The number of ether oxygens (including phenoxy) is 1. The van der Waals surface area contributed by atoms with E-state index in [0.29, 0.717) is 12.0 Å². The van der Waals surface area contributed by atoms with E-state index in [1.54, 1.807) is 0 Å². The molecule has 1 heterocycles. The van der Waals surface area contributed by atoms with Gasteiger partial charge in [0.2, 0.25) is 0 Å². The van der Waals surface area contributed by atoms with Gasteiger partial charge in [0.15, 0.2) is 0 Å². The first-order valence-electron chi connectivity index (χ1n) is 6.11. The van der Waals surface area contributed by atoms with Crippen molar-refractivity contribution in [3.8, 4) is 0 Å². The maximum absolute atomic E-state index is 11.4. The summed E-state index contributed by atoms with van der Waals surface area (Å²) in [6.07, 6.45) is 4.39. The summed E-state index contributed by atoms with van der Waals surface area (Å²) in [5, 5.41) is 1.13. The number of aromatic nitrogens is 1. The van der Waals surface area contributed by atoms with Gasteiger partial charge >= 0.3 is 5.97 Å². The highest BCUT2D eigenvalue weighted by Gasteiger charge is 2.12. The van der Waals surface area contributed by atoms with Crippen LogP contribution >= 0.6 is 0 Å². The van der Waals surface area contributed by atoms with Crippen molar-refractivity contribution >= 4 is 16.9 Å². The number of hydrogen-bond donors (Lipinski definition) is 0. The molecular weight excluding hydrogens is 238 g/mol. The van der Waals surface area contributed by atoms with Crippen LogP contribution in [0.2, 0.25) is 0 Å². The Bertz CT molecular complexity index is 637. The van der Waals surface area contributed by atoms with E-state index in [1.165, 1.54) is 7.11 Å². The third-order valence-electron chi connectivity index (χ3n) is 3.07. The van der Waals surface area contributed by atoms with E-state index >= 15 is 0 Å². The monoisotopic (exact) mass is 255 g/mol. The zero-order valence-corrected chi connectivity index (χ0v) is 11.1. The van der Waals surface area contributed by atoms with Crippen LogP contribution in [-0.4, -0.2) is 17.6 Å². The molecule has 0 fully saturated rings. The molecule has 0 saturated heterocycles. The van der Waals surface area contributed by atoms with Crippen LogP contribution in [0.5, 0.6) is 0 Å². The molecule has 0 radical (unpaired) electrons. The molecule has 98 valence electrons. The summed E-state index contributed by atoms with van der Waals surface area (Å²) in [5.41, 5.74) is 2.67. The standard InChI is InChI=1S/C16H17NO2/c1-4-9-17-11-13(10-12(2)16(18)19-3)14-7-5-6-8-15(14)17/h4-8,11H,1-2,9-10H2,3H3. The van der Waals surface area contributed by atoms with Gasteiger partial charge < -0.3 is 9.30 Å². The molecular formula is C16H17NO2. The quantitative estimate of drug-likeness (QED) is 0.467. The first-order chi connectivity index (χ1) is 9.17. The van der Waals surface area contributed by atoms with Crippen LogP contribution in [0.4, 0.5) is 0 Å². The summed E-state index contributed by atoms with van der Waals surface area (Å²) in [5.74, 6) is -0.361. The van der Waals surface area contributed by atoms with Crippen LogP contribution in [0.15, 0.2) is 55.3 Å². The minimum absolute atomic E-state index is 0.361. The zero-order chi connectivity index (χ0) is 13.8. The molecule has 2 rings (SSSR count). The highest BCUT2D eigenvalue weighted by Crippen LogP contribution is 2.23. The number of rotatable bonds is 5. The largest absolute Gasteiger partial charge is 0.466 e. The second-order valence-electron chi connectivity index (χ2n) is 4.38. The van der Waals surface area contributed by atoms with Gasteiger partial charge in [0.05, 0.1) is 7.11 Å². The molecule has 0 atom stereocenters. The average Bonchev–Trinajstić information content (AvgIpc) is 2.77. The van der Waals surface area contributed by atoms with E-state index < -0.39 is 0 Å². The molecule has 0 aliphatic rings. The summed E-state index contributed by atoms with van der Waals surface area (Å²) >= 11 is 0. The Morgan fingerprint density at radius 2 is 2.16 bits per heavy atom. The minimum Gasteiger partial charge on any atom is -0.466 e. The summed E-state index contributed by atoms with van der Waals surface area (Å²) in [6.45, 7) is 8.28. The number of allylic oxidation sites excluding steroid dienone is 1. The van der Waals surface area contributed by atoms with E-state index in [2.05, 4.69) is 34.6 Å². The molecule has 0 aliphatic carbocycles. The molecule has 3 nitrogen and oxygen atoms in total. The van der Waals surface area contributed by atoms with Crippen molar-refractivity contribution in [2.75, 3.05) is 7.11 Å². The second kappa shape index (κ2) is 5.57. The Morgan fingerprint density at radius 3 is 2.84 bits per heavy atom. The van der Waals surface area contributed by atoms with Crippen molar-refractivity contribution in [2.45, 2.75) is 13.0 Å². The number of fused-ring (bicyclic) bond motifs is 1. The molecule has 0 spiro atoms. The third-order valence-corrected chi connectivity index (χ3v) is 3.07. The lowest BCUT2D eigenvalue weighted by Crippen LogP contribution is -2.05. The van der Waals surface area contributed by atoms with Crippen LogP contribution in [0.3, 0.4) is 0 Å². The third kappa shape index (κ3) is 2.60. The second-order valence-corrected chi connectivity index (χ2v) is 4.38. The molecule has 0 amide bonds. The van der Waals surface area contributed by atoms with Gasteiger partial charge in [-0.1, -0.05) is 30.9 Å². The molecule has 1 aromatic carbocycles. The Kier molecular flexibility index (Phi) is 3.85. The first kappa shape index (κ1) is 13.1. The van der Waals surface area contributed by atoms with Crippen LogP contribution in [0.1, 0.15) is 5.56 Å². The number of methoxy groups -OCH3 is 1. The fourth-order valence-electron chi connectivity index (χ4n) is 2.20. The van der Waals surface area contributed by atoms with Gasteiger partial charge in [-0.15, -0.1) is 6.58 Å². The smallest absolute Gasteiger partial charge is 0.333 e. The molecule has 0 saturated carbocycles. The predicted octanol–water partition coefficient (Wildman–Crippen LogP) is 3.10. The van der Waals surface area contributed by atoms with Crippen LogP contribution in [0.25, 0.3) is 10.9 Å². The average molecular weight is 255 g/mol. The number of benzene rings is 1. The zero-order valence-electron chi connectivity index (χ0n) is 11.1. The van der Waals surface area contributed by atoms with Gasteiger partial charge in [-0.25, -0.2) is 4.79 Å². The van der Waals surface area contributed by atoms with Crippen molar-refractivity contribution < 1.29 is 9.53 Å². The molecule has 19 heavy (non-hydrogen) atoms. The number of esters is 1. The maximum atomic E-state index is 11.4.